The van der Waals surface area contributed by atoms with Gasteiger partial charge in [-0.25, -0.2) is 4.98 Å². The first-order valence-corrected chi connectivity index (χ1v) is 9.68. The van der Waals surface area contributed by atoms with Crippen LogP contribution in [-0.4, -0.2) is 66.9 Å². The van der Waals surface area contributed by atoms with Crippen molar-refractivity contribution >= 4 is 17.6 Å². The monoisotopic (exact) mass is 358 g/mol. The first kappa shape index (κ1) is 18.7. The Morgan fingerprint density at radius 2 is 1.85 bits per heavy atom. The van der Waals surface area contributed by atoms with Gasteiger partial charge in [-0.1, -0.05) is 13.0 Å². The number of anilines is 1. The molecule has 1 unspecified atom stereocenters. The Balaban J connectivity index is 1.70. The van der Waals surface area contributed by atoms with Gasteiger partial charge in [-0.2, -0.15) is 0 Å². The number of carbonyl (C=O) groups is 2. The van der Waals surface area contributed by atoms with E-state index in [4.69, 9.17) is 0 Å². The van der Waals surface area contributed by atoms with E-state index in [-0.39, 0.29) is 17.7 Å². The molecule has 26 heavy (non-hydrogen) atoms. The first-order chi connectivity index (χ1) is 12.5. The van der Waals surface area contributed by atoms with Crippen molar-refractivity contribution in [2.45, 2.75) is 32.6 Å². The second kappa shape index (κ2) is 8.06. The third-order valence-corrected chi connectivity index (χ3v) is 5.56. The van der Waals surface area contributed by atoms with Gasteiger partial charge in [0.2, 0.25) is 5.91 Å². The molecular formula is C20H30N4O2. The van der Waals surface area contributed by atoms with Crippen LogP contribution in [0.25, 0.3) is 0 Å². The van der Waals surface area contributed by atoms with Crippen molar-refractivity contribution < 1.29 is 9.59 Å². The average Bonchev–Trinajstić information content (AvgIpc) is 2.67. The molecule has 0 aromatic carbocycles. The van der Waals surface area contributed by atoms with Crippen molar-refractivity contribution in [1.82, 2.24) is 14.8 Å². The third kappa shape index (κ3) is 4.17. The predicted molar refractivity (Wildman–Crippen MR) is 102 cm³/mol. The lowest BCUT2D eigenvalue weighted by Gasteiger charge is -2.34. The van der Waals surface area contributed by atoms with Gasteiger partial charge in [-0.15, -0.1) is 0 Å². The predicted octanol–water partition coefficient (Wildman–Crippen LogP) is 2.26. The molecule has 1 aromatic rings. The fourth-order valence-electron chi connectivity index (χ4n) is 3.84. The van der Waals surface area contributed by atoms with Crippen molar-refractivity contribution in [1.29, 1.82) is 0 Å². The minimum atomic E-state index is 0.00323. The lowest BCUT2D eigenvalue weighted by Crippen LogP contribution is -2.43. The third-order valence-electron chi connectivity index (χ3n) is 5.56. The largest absolute Gasteiger partial charge is 0.356 e. The summed E-state index contributed by atoms with van der Waals surface area (Å²) < 4.78 is 0. The SMILES string of the molecule is CC1CCN(C(=O)c2cccc(N3CCCC(C(=O)N(C)C)C3)n2)CC1. The molecule has 0 bridgehead atoms. The van der Waals surface area contributed by atoms with E-state index in [1.165, 1.54) is 0 Å². The molecule has 2 aliphatic heterocycles. The van der Waals surface area contributed by atoms with Gasteiger partial charge in [-0.05, 0) is 43.7 Å². The van der Waals surface area contributed by atoms with Crippen LogP contribution in [0.4, 0.5) is 5.82 Å². The lowest BCUT2D eigenvalue weighted by molar-refractivity contribution is -0.133. The Kier molecular flexibility index (Phi) is 5.79. The van der Waals surface area contributed by atoms with Gasteiger partial charge in [-0.3, -0.25) is 9.59 Å². The molecule has 3 heterocycles. The summed E-state index contributed by atoms with van der Waals surface area (Å²) in [6, 6.07) is 5.65. The van der Waals surface area contributed by atoms with E-state index in [9.17, 15) is 9.59 Å². The van der Waals surface area contributed by atoms with Crippen LogP contribution in [0.5, 0.6) is 0 Å². The summed E-state index contributed by atoms with van der Waals surface area (Å²) in [6.45, 7) is 5.42. The summed E-state index contributed by atoms with van der Waals surface area (Å²) in [4.78, 5) is 35.5. The summed E-state index contributed by atoms with van der Waals surface area (Å²) >= 11 is 0. The minimum absolute atomic E-state index is 0.00323. The highest BCUT2D eigenvalue weighted by atomic mass is 16.2. The van der Waals surface area contributed by atoms with Crippen LogP contribution in [-0.2, 0) is 4.79 Å². The van der Waals surface area contributed by atoms with Gasteiger partial charge in [0.1, 0.15) is 11.5 Å². The Bertz CT molecular complexity index is 653. The van der Waals surface area contributed by atoms with Gasteiger partial charge in [0, 0.05) is 40.3 Å². The Hall–Kier alpha value is -2.11. The van der Waals surface area contributed by atoms with E-state index in [1.807, 2.05) is 17.0 Å². The van der Waals surface area contributed by atoms with E-state index in [2.05, 4.69) is 16.8 Å². The molecule has 142 valence electrons. The number of hydrogen-bond donors (Lipinski definition) is 0. The number of pyridine rings is 1. The van der Waals surface area contributed by atoms with Gasteiger partial charge in [0.15, 0.2) is 0 Å². The van der Waals surface area contributed by atoms with Crippen molar-refractivity contribution in [3.8, 4) is 0 Å². The molecule has 1 aromatic heterocycles. The fraction of sp³-hybridized carbons (Fsp3) is 0.650. The van der Waals surface area contributed by atoms with Crippen LogP contribution in [0, 0.1) is 11.8 Å². The number of nitrogens with zero attached hydrogens (tertiary/aromatic N) is 4. The molecule has 1 atom stereocenters. The summed E-state index contributed by atoms with van der Waals surface area (Å²) in [5, 5.41) is 0. The van der Waals surface area contributed by atoms with E-state index >= 15 is 0 Å². The molecule has 6 heteroatoms. The highest BCUT2D eigenvalue weighted by Crippen LogP contribution is 2.24. The van der Waals surface area contributed by atoms with Crippen LogP contribution >= 0.6 is 0 Å². The molecule has 2 saturated heterocycles. The Morgan fingerprint density at radius 3 is 2.54 bits per heavy atom. The molecular weight excluding hydrogens is 328 g/mol. The first-order valence-electron chi connectivity index (χ1n) is 9.68. The number of hydrogen-bond acceptors (Lipinski definition) is 4. The molecule has 0 saturated carbocycles. The van der Waals surface area contributed by atoms with Crippen molar-refractivity contribution in [2.75, 3.05) is 45.2 Å². The van der Waals surface area contributed by atoms with Crippen molar-refractivity contribution in [2.24, 2.45) is 11.8 Å². The summed E-state index contributed by atoms with van der Waals surface area (Å²) in [6.07, 6.45) is 4.00. The van der Waals surface area contributed by atoms with Gasteiger partial charge >= 0.3 is 0 Å². The second-order valence-electron chi connectivity index (χ2n) is 7.87. The molecule has 0 spiro atoms. The summed E-state index contributed by atoms with van der Waals surface area (Å²) in [5.74, 6) is 1.69. The minimum Gasteiger partial charge on any atom is -0.356 e. The van der Waals surface area contributed by atoms with Gasteiger partial charge < -0.3 is 14.7 Å². The second-order valence-corrected chi connectivity index (χ2v) is 7.87. The Morgan fingerprint density at radius 1 is 1.12 bits per heavy atom. The molecule has 0 aliphatic carbocycles. The van der Waals surface area contributed by atoms with Crippen LogP contribution in [0.1, 0.15) is 43.1 Å². The quantitative estimate of drug-likeness (QED) is 0.832. The van der Waals surface area contributed by atoms with Crippen LogP contribution in [0.15, 0.2) is 18.2 Å². The maximum absolute atomic E-state index is 12.8. The summed E-state index contributed by atoms with van der Waals surface area (Å²) in [5.41, 5.74) is 0.512. The highest BCUT2D eigenvalue weighted by molar-refractivity contribution is 5.92. The number of amides is 2. The Labute approximate surface area is 156 Å². The maximum Gasteiger partial charge on any atom is 0.272 e. The standard InChI is InChI=1S/C20H30N4O2/c1-15-9-12-23(13-10-15)20(26)17-7-4-8-18(21-17)24-11-5-6-16(14-24)19(25)22(2)3/h4,7-8,15-16H,5-6,9-14H2,1-3H3. The topological polar surface area (TPSA) is 56.8 Å². The molecule has 0 N–H and O–H groups in total. The molecule has 2 fully saturated rings. The van der Waals surface area contributed by atoms with Crippen molar-refractivity contribution in [3.05, 3.63) is 23.9 Å². The number of piperidine rings is 2. The molecule has 6 nitrogen and oxygen atoms in total. The highest BCUT2D eigenvalue weighted by Gasteiger charge is 2.28. The number of carbonyl (C=O) groups excluding carboxylic acids is 2. The van der Waals surface area contributed by atoms with E-state index < -0.39 is 0 Å². The molecule has 2 aliphatic rings. The fourth-order valence-corrected chi connectivity index (χ4v) is 3.84. The van der Waals surface area contributed by atoms with Gasteiger partial charge in [0.25, 0.3) is 5.91 Å². The van der Waals surface area contributed by atoms with E-state index in [0.717, 1.165) is 51.1 Å². The summed E-state index contributed by atoms with van der Waals surface area (Å²) in [7, 11) is 3.61. The molecule has 0 radical (unpaired) electrons. The molecule has 3 rings (SSSR count). The van der Waals surface area contributed by atoms with Crippen molar-refractivity contribution in [3.63, 3.8) is 0 Å². The number of aromatic nitrogens is 1. The number of likely N-dealkylation sites (tertiary alicyclic amines) is 1. The van der Waals surface area contributed by atoms with Gasteiger partial charge in [0.05, 0.1) is 5.92 Å². The van der Waals surface area contributed by atoms with Crippen LogP contribution in [0.3, 0.4) is 0 Å². The zero-order valence-corrected chi connectivity index (χ0v) is 16.1. The zero-order valence-electron chi connectivity index (χ0n) is 16.1. The maximum atomic E-state index is 12.8. The normalized spacial score (nSPS) is 21.6. The zero-order chi connectivity index (χ0) is 18.7. The average molecular weight is 358 g/mol. The van der Waals surface area contributed by atoms with Crippen LogP contribution < -0.4 is 4.90 Å². The van der Waals surface area contributed by atoms with Crippen LogP contribution in [0.2, 0.25) is 0 Å². The van der Waals surface area contributed by atoms with E-state index in [1.54, 1.807) is 25.1 Å². The molecule has 2 amide bonds. The number of rotatable bonds is 3. The van der Waals surface area contributed by atoms with E-state index in [0.29, 0.717) is 18.2 Å². The lowest BCUT2D eigenvalue weighted by atomic mass is 9.96. The smallest absolute Gasteiger partial charge is 0.272 e.